The molecule has 0 spiro atoms. The van der Waals surface area contributed by atoms with Crippen molar-refractivity contribution >= 4 is 11.3 Å². The van der Waals surface area contributed by atoms with Crippen molar-refractivity contribution in [1.29, 1.82) is 0 Å². The Bertz CT molecular complexity index is 333. The van der Waals surface area contributed by atoms with Crippen LogP contribution in [0.5, 0.6) is 0 Å². The van der Waals surface area contributed by atoms with Gasteiger partial charge in [0.2, 0.25) is 0 Å². The third-order valence-corrected chi connectivity index (χ3v) is 4.41. The minimum Gasteiger partial charge on any atom is -0.396 e. The minimum atomic E-state index is 0.0593. The average molecular weight is 255 g/mol. The van der Waals surface area contributed by atoms with E-state index in [0.717, 1.165) is 19.4 Å². The van der Waals surface area contributed by atoms with E-state index < -0.39 is 0 Å². The van der Waals surface area contributed by atoms with E-state index in [0.29, 0.717) is 6.04 Å². The minimum absolute atomic E-state index is 0.0593. The Balaban J connectivity index is 2.26. The van der Waals surface area contributed by atoms with Gasteiger partial charge in [0.15, 0.2) is 0 Å². The molecule has 0 radical (unpaired) electrons. The van der Waals surface area contributed by atoms with Crippen LogP contribution >= 0.6 is 11.3 Å². The van der Waals surface area contributed by atoms with Crippen LogP contribution in [0.15, 0.2) is 11.4 Å². The first-order valence-corrected chi connectivity index (χ1v) is 7.22. The van der Waals surface area contributed by atoms with Gasteiger partial charge in [0.1, 0.15) is 0 Å². The zero-order valence-electron chi connectivity index (χ0n) is 11.4. The molecule has 0 aliphatic heterocycles. The van der Waals surface area contributed by atoms with Crippen LogP contribution in [0, 0.1) is 12.3 Å². The first-order chi connectivity index (χ1) is 7.96. The maximum atomic E-state index is 9.17. The molecule has 0 amide bonds. The molecule has 0 saturated carbocycles. The highest BCUT2D eigenvalue weighted by molar-refractivity contribution is 7.10. The Morgan fingerprint density at radius 3 is 2.71 bits per heavy atom. The van der Waals surface area contributed by atoms with Crippen molar-refractivity contribution < 1.29 is 5.11 Å². The van der Waals surface area contributed by atoms with E-state index in [1.54, 1.807) is 0 Å². The highest BCUT2D eigenvalue weighted by Gasteiger charge is 2.16. The summed E-state index contributed by atoms with van der Waals surface area (Å²) in [7, 11) is 0. The Morgan fingerprint density at radius 2 is 2.18 bits per heavy atom. The Labute approximate surface area is 109 Å². The Morgan fingerprint density at radius 1 is 1.47 bits per heavy atom. The molecule has 1 atom stereocenters. The number of hydrogen-bond donors (Lipinski definition) is 2. The Hall–Kier alpha value is -0.380. The molecule has 2 N–H and O–H groups in total. The SMILES string of the molecule is Cc1ccsc1C(C)NCCCC(C)(C)CO. The lowest BCUT2D eigenvalue weighted by atomic mass is 9.89. The summed E-state index contributed by atoms with van der Waals surface area (Å²) >= 11 is 1.82. The predicted molar refractivity (Wildman–Crippen MR) is 75.6 cm³/mol. The van der Waals surface area contributed by atoms with Gasteiger partial charge in [-0.05, 0) is 55.7 Å². The topological polar surface area (TPSA) is 32.3 Å². The number of thiophene rings is 1. The van der Waals surface area contributed by atoms with E-state index in [1.165, 1.54) is 10.4 Å². The highest BCUT2D eigenvalue weighted by atomic mass is 32.1. The van der Waals surface area contributed by atoms with Crippen LogP contribution in [0.2, 0.25) is 0 Å². The molecule has 0 fully saturated rings. The zero-order valence-corrected chi connectivity index (χ0v) is 12.2. The van der Waals surface area contributed by atoms with E-state index >= 15 is 0 Å². The maximum Gasteiger partial charge on any atom is 0.0482 e. The number of nitrogens with one attached hydrogen (secondary N) is 1. The second-order valence-electron chi connectivity index (χ2n) is 5.57. The van der Waals surface area contributed by atoms with Gasteiger partial charge in [-0.25, -0.2) is 0 Å². The molecular weight excluding hydrogens is 230 g/mol. The van der Waals surface area contributed by atoms with Crippen LogP contribution in [-0.2, 0) is 0 Å². The fraction of sp³-hybridized carbons (Fsp3) is 0.714. The van der Waals surface area contributed by atoms with Gasteiger partial charge >= 0.3 is 0 Å². The predicted octanol–water partition coefficient (Wildman–Crippen LogP) is 3.51. The van der Waals surface area contributed by atoms with Gasteiger partial charge < -0.3 is 10.4 Å². The number of rotatable bonds is 7. The van der Waals surface area contributed by atoms with E-state index in [2.05, 4.69) is 44.5 Å². The summed E-state index contributed by atoms with van der Waals surface area (Å²) in [5.74, 6) is 0. The van der Waals surface area contributed by atoms with Crippen LogP contribution in [-0.4, -0.2) is 18.3 Å². The fourth-order valence-electron chi connectivity index (χ4n) is 1.89. The van der Waals surface area contributed by atoms with Gasteiger partial charge in [-0.1, -0.05) is 13.8 Å². The van der Waals surface area contributed by atoms with Gasteiger partial charge in [-0.2, -0.15) is 0 Å². The van der Waals surface area contributed by atoms with Crippen LogP contribution in [0.1, 0.15) is 50.1 Å². The highest BCUT2D eigenvalue weighted by Crippen LogP contribution is 2.24. The monoisotopic (exact) mass is 255 g/mol. The largest absolute Gasteiger partial charge is 0.396 e. The second kappa shape index (κ2) is 6.53. The molecule has 2 nitrogen and oxygen atoms in total. The summed E-state index contributed by atoms with van der Waals surface area (Å²) in [6.45, 7) is 9.89. The van der Waals surface area contributed by atoms with Gasteiger partial charge in [-0.15, -0.1) is 11.3 Å². The van der Waals surface area contributed by atoms with Crippen molar-refractivity contribution in [1.82, 2.24) is 5.32 Å². The van der Waals surface area contributed by atoms with E-state index in [1.807, 2.05) is 11.3 Å². The van der Waals surface area contributed by atoms with Gasteiger partial charge in [0, 0.05) is 17.5 Å². The van der Waals surface area contributed by atoms with Crippen molar-refractivity contribution in [3.8, 4) is 0 Å². The molecule has 0 saturated heterocycles. The quantitative estimate of drug-likeness (QED) is 0.731. The third-order valence-electron chi connectivity index (χ3n) is 3.20. The number of aliphatic hydroxyl groups is 1. The van der Waals surface area contributed by atoms with Gasteiger partial charge in [-0.3, -0.25) is 0 Å². The molecule has 0 aliphatic rings. The number of hydrogen-bond acceptors (Lipinski definition) is 3. The second-order valence-corrected chi connectivity index (χ2v) is 6.52. The molecule has 3 heteroatoms. The lowest BCUT2D eigenvalue weighted by Gasteiger charge is -2.22. The molecule has 17 heavy (non-hydrogen) atoms. The normalized spacial score (nSPS) is 13.9. The van der Waals surface area contributed by atoms with Crippen LogP contribution in [0.3, 0.4) is 0 Å². The number of aryl methyl sites for hydroxylation is 1. The lowest BCUT2D eigenvalue weighted by Crippen LogP contribution is -2.23. The number of aliphatic hydroxyl groups excluding tert-OH is 1. The van der Waals surface area contributed by atoms with Crippen molar-refractivity contribution in [2.45, 2.75) is 46.6 Å². The molecule has 98 valence electrons. The molecule has 0 aliphatic carbocycles. The van der Waals surface area contributed by atoms with E-state index in [4.69, 9.17) is 0 Å². The molecule has 0 aromatic carbocycles. The average Bonchev–Trinajstić information content (AvgIpc) is 2.71. The molecule has 1 rings (SSSR count). The molecule has 1 heterocycles. The molecule has 1 aromatic rings. The first kappa shape index (κ1) is 14.7. The standard InChI is InChI=1S/C14H25NOS/c1-11-6-9-17-13(11)12(2)15-8-5-7-14(3,4)10-16/h6,9,12,15-16H,5,7-8,10H2,1-4H3. The fourth-order valence-corrected chi connectivity index (χ4v) is 2.85. The third kappa shape index (κ3) is 4.78. The van der Waals surface area contributed by atoms with E-state index in [9.17, 15) is 5.11 Å². The smallest absolute Gasteiger partial charge is 0.0482 e. The summed E-state index contributed by atoms with van der Waals surface area (Å²) in [5, 5.41) is 14.9. The van der Waals surface area contributed by atoms with Crippen LogP contribution < -0.4 is 5.32 Å². The molecule has 0 bridgehead atoms. The van der Waals surface area contributed by atoms with Gasteiger partial charge in [0.25, 0.3) is 0 Å². The van der Waals surface area contributed by atoms with Crippen molar-refractivity contribution in [2.24, 2.45) is 5.41 Å². The Kier molecular flexibility index (Phi) is 5.63. The van der Waals surface area contributed by atoms with E-state index in [-0.39, 0.29) is 12.0 Å². The van der Waals surface area contributed by atoms with Crippen molar-refractivity contribution in [2.75, 3.05) is 13.2 Å². The first-order valence-electron chi connectivity index (χ1n) is 6.34. The van der Waals surface area contributed by atoms with Gasteiger partial charge in [0.05, 0.1) is 0 Å². The molecule has 1 aromatic heterocycles. The summed E-state index contributed by atoms with van der Waals surface area (Å²) in [5.41, 5.74) is 1.44. The zero-order chi connectivity index (χ0) is 12.9. The molecule has 1 unspecified atom stereocenters. The summed E-state index contributed by atoms with van der Waals surface area (Å²) < 4.78 is 0. The molecular formula is C14H25NOS. The summed E-state index contributed by atoms with van der Waals surface area (Å²) in [6.07, 6.45) is 2.18. The summed E-state index contributed by atoms with van der Waals surface area (Å²) in [4.78, 5) is 1.44. The summed E-state index contributed by atoms with van der Waals surface area (Å²) in [6, 6.07) is 2.61. The van der Waals surface area contributed by atoms with Crippen molar-refractivity contribution in [3.63, 3.8) is 0 Å². The lowest BCUT2D eigenvalue weighted by molar-refractivity contribution is 0.147. The van der Waals surface area contributed by atoms with Crippen molar-refractivity contribution in [3.05, 3.63) is 21.9 Å². The maximum absolute atomic E-state index is 9.17. The van der Waals surface area contributed by atoms with Crippen LogP contribution in [0.4, 0.5) is 0 Å². The van der Waals surface area contributed by atoms with Crippen LogP contribution in [0.25, 0.3) is 0 Å².